The summed E-state index contributed by atoms with van der Waals surface area (Å²) in [5.41, 5.74) is 5.34. The molecule has 0 bridgehead atoms. The van der Waals surface area contributed by atoms with Gasteiger partial charge in [0.1, 0.15) is 12.6 Å². The number of hydrogen-bond donors (Lipinski definition) is 3. The predicted octanol–water partition coefficient (Wildman–Crippen LogP) is 4.89. The number of hydrogen-bond acceptors (Lipinski definition) is 4. The number of nitrogens with one attached hydrogen (secondary N) is 2. The van der Waals surface area contributed by atoms with E-state index >= 15 is 0 Å². The first-order chi connectivity index (χ1) is 16.3. The number of carbonyl (C=O) groups is 3. The summed E-state index contributed by atoms with van der Waals surface area (Å²) >= 11 is 0. The van der Waals surface area contributed by atoms with Gasteiger partial charge in [-0.05, 0) is 52.4 Å². The van der Waals surface area contributed by atoms with E-state index in [0.29, 0.717) is 11.3 Å². The molecule has 0 saturated carbocycles. The van der Waals surface area contributed by atoms with Crippen LogP contribution < -0.4 is 10.6 Å². The van der Waals surface area contributed by atoms with Crippen LogP contribution >= 0.6 is 0 Å². The third-order valence-electron chi connectivity index (χ3n) is 5.96. The Bertz CT molecular complexity index is 1170. The summed E-state index contributed by atoms with van der Waals surface area (Å²) in [4.78, 5) is 36.1. The Morgan fingerprint density at radius 1 is 0.882 bits per heavy atom. The van der Waals surface area contributed by atoms with Crippen LogP contribution in [0.3, 0.4) is 0 Å². The topological polar surface area (TPSA) is 105 Å². The normalized spacial score (nSPS) is 13.0. The molecule has 1 aliphatic carbocycles. The number of amides is 2. The van der Waals surface area contributed by atoms with Crippen molar-refractivity contribution in [2.75, 3.05) is 11.9 Å². The third-order valence-corrected chi connectivity index (χ3v) is 5.96. The van der Waals surface area contributed by atoms with Gasteiger partial charge in [0.2, 0.25) is 0 Å². The van der Waals surface area contributed by atoms with Crippen LogP contribution in [0.2, 0.25) is 0 Å². The molecule has 4 rings (SSSR count). The van der Waals surface area contributed by atoms with E-state index in [2.05, 4.69) is 34.9 Å². The van der Waals surface area contributed by atoms with Crippen LogP contribution in [0.5, 0.6) is 0 Å². The molecular weight excluding hydrogens is 432 g/mol. The molecule has 2 amide bonds. The third kappa shape index (κ3) is 4.78. The van der Waals surface area contributed by atoms with Gasteiger partial charge in [-0.1, -0.05) is 62.4 Å². The minimum absolute atomic E-state index is 0.0349. The van der Waals surface area contributed by atoms with Crippen LogP contribution in [-0.2, 0) is 9.53 Å². The molecule has 3 aromatic rings. The van der Waals surface area contributed by atoms with Crippen molar-refractivity contribution < 1.29 is 24.2 Å². The zero-order chi connectivity index (χ0) is 24.2. The van der Waals surface area contributed by atoms with Crippen molar-refractivity contribution in [1.82, 2.24) is 5.32 Å². The molecular formula is C27H26N2O5. The molecule has 0 fully saturated rings. The molecule has 7 nitrogen and oxygen atoms in total. The van der Waals surface area contributed by atoms with Gasteiger partial charge in [-0.3, -0.25) is 10.1 Å². The first-order valence-electron chi connectivity index (χ1n) is 11.1. The number of benzene rings is 3. The average molecular weight is 459 g/mol. The molecule has 0 radical (unpaired) electrons. The van der Waals surface area contributed by atoms with E-state index in [1.165, 1.54) is 12.1 Å². The second-order valence-electron chi connectivity index (χ2n) is 8.56. The van der Waals surface area contributed by atoms with Gasteiger partial charge in [-0.25, -0.2) is 9.59 Å². The van der Waals surface area contributed by atoms with Crippen LogP contribution in [0.4, 0.5) is 10.5 Å². The highest BCUT2D eigenvalue weighted by Crippen LogP contribution is 2.44. The summed E-state index contributed by atoms with van der Waals surface area (Å²) < 4.78 is 5.53. The minimum atomic E-state index is -1.09. The molecule has 1 unspecified atom stereocenters. The molecule has 0 heterocycles. The molecule has 34 heavy (non-hydrogen) atoms. The van der Waals surface area contributed by atoms with E-state index in [4.69, 9.17) is 4.74 Å². The second-order valence-corrected chi connectivity index (χ2v) is 8.56. The standard InChI is InChI=1S/C27H26N2O5/c1-16(2)24(26(31)32)29-25(30)17-11-13-18(14-12-17)28-27(33)34-15-23-21-9-5-3-7-19(21)20-8-4-6-10-22(20)23/h3-14,16,23-24H,15H2,1-2H3,(H,28,33)(H,29,30)(H,31,32). The Morgan fingerprint density at radius 3 is 1.97 bits per heavy atom. The van der Waals surface area contributed by atoms with E-state index in [0.717, 1.165) is 22.3 Å². The lowest BCUT2D eigenvalue weighted by Gasteiger charge is -2.18. The summed E-state index contributed by atoms with van der Waals surface area (Å²) in [5, 5.41) is 14.4. The Hall–Kier alpha value is -4.13. The van der Waals surface area contributed by atoms with Gasteiger partial charge in [-0.15, -0.1) is 0 Å². The fraction of sp³-hybridized carbons (Fsp3) is 0.222. The van der Waals surface area contributed by atoms with Crippen molar-refractivity contribution in [3.8, 4) is 11.1 Å². The highest BCUT2D eigenvalue weighted by molar-refractivity contribution is 5.97. The molecule has 1 atom stereocenters. The second kappa shape index (κ2) is 9.79. The lowest BCUT2D eigenvalue weighted by atomic mass is 9.98. The van der Waals surface area contributed by atoms with Crippen molar-refractivity contribution in [2.24, 2.45) is 5.92 Å². The number of rotatable bonds is 7. The molecule has 3 aromatic carbocycles. The highest BCUT2D eigenvalue weighted by atomic mass is 16.5. The van der Waals surface area contributed by atoms with E-state index in [-0.39, 0.29) is 18.4 Å². The van der Waals surface area contributed by atoms with E-state index in [1.807, 2.05) is 24.3 Å². The summed E-state index contributed by atoms with van der Waals surface area (Å²) in [7, 11) is 0. The summed E-state index contributed by atoms with van der Waals surface area (Å²) in [6.07, 6.45) is -0.593. The molecule has 0 aromatic heterocycles. The quantitative estimate of drug-likeness (QED) is 0.468. The number of carboxylic acids is 1. The smallest absolute Gasteiger partial charge is 0.411 e. The van der Waals surface area contributed by atoms with Crippen molar-refractivity contribution in [2.45, 2.75) is 25.8 Å². The van der Waals surface area contributed by atoms with Crippen molar-refractivity contribution in [3.63, 3.8) is 0 Å². The Labute approximate surface area is 197 Å². The number of carboxylic acid groups (broad SMARTS) is 1. The van der Waals surface area contributed by atoms with Gasteiger partial charge < -0.3 is 15.2 Å². The number of aliphatic carboxylic acids is 1. The summed E-state index contributed by atoms with van der Waals surface area (Å²) in [6, 6.07) is 21.4. The lowest BCUT2D eigenvalue weighted by molar-refractivity contribution is -0.140. The molecule has 0 aliphatic heterocycles. The molecule has 3 N–H and O–H groups in total. The monoisotopic (exact) mass is 458 g/mol. The van der Waals surface area contributed by atoms with Crippen LogP contribution in [0.15, 0.2) is 72.8 Å². The van der Waals surface area contributed by atoms with Crippen LogP contribution in [-0.4, -0.2) is 35.7 Å². The van der Waals surface area contributed by atoms with Gasteiger partial charge >= 0.3 is 12.1 Å². The SMILES string of the molecule is CC(C)C(NC(=O)c1ccc(NC(=O)OCC2c3ccccc3-c3ccccc32)cc1)C(=O)O. The molecule has 7 heteroatoms. The summed E-state index contributed by atoms with van der Waals surface area (Å²) in [6.45, 7) is 3.65. The van der Waals surface area contributed by atoms with Crippen LogP contribution in [0.1, 0.15) is 41.3 Å². The van der Waals surface area contributed by atoms with E-state index < -0.39 is 24.0 Å². The van der Waals surface area contributed by atoms with Gasteiger partial charge in [0.15, 0.2) is 0 Å². The fourth-order valence-electron chi connectivity index (χ4n) is 4.20. The molecule has 174 valence electrons. The Kier molecular flexibility index (Phi) is 6.63. The van der Waals surface area contributed by atoms with Crippen molar-refractivity contribution in [3.05, 3.63) is 89.5 Å². The molecule has 0 saturated heterocycles. The first kappa shape index (κ1) is 23.0. The maximum absolute atomic E-state index is 12.4. The predicted molar refractivity (Wildman–Crippen MR) is 129 cm³/mol. The van der Waals surface area contributed by atoms with E-state index in [1.54, 1.807) is 26.0 Å². The Morgan fingerprint density at radius 2 is 1.44 bits per heavy atom. The van der Waals surface area contributed by atoms with Crippen LogP contribution in [0, 0.1) is 5.92 Å². The highest BCUT2D eigenvalue weighted by Gasteiger charge is 2.29. The number of carbonyl (C=O) groups excluding carboxylic acids is 2. The molecule has 1 aliphatic rings. The molecule has 0 spiro atoms. The van der Waals surface area contributed by atoms with Crippen molar-refractivity contribution >= 4 is 23.7 Å². The van der Waals surface area contributed by atoms with E-state index in [9.17, 15) is 19.5 Å². The maximum atomic E-state index is 12.4. The lowest BCUT2D eigenvalue weighted by Crippen LogP contribution is -2.44. The number of ether oxygens (including phenoxy) is 1. The first-order valence-corrected chi connectivity index (χ1v) is 11.1. The largest absolute Gasteiger partial charge is 0.480 e. The fourth-order valence-corrected chi connectivity index (χ4v) is 4.20. The maximum Gasteiger partial charge on any atom is 0.411 e. The van der Waals surface area contributed by atoms with Gasteiger partial charge in [0, 0.05) is 17.2 Å². The van der Waals surface area contributed by atoms with Gasteiger partial charge in [0.05, 0.1) is 0 Å². The average Bonchev–Trinajstić information content (AvgIpc) is 3.15. The minimum Gasteiger partial charge on any atom is -0.480 e. The van der Waals surface area contributed by atoms with Gasteiger partial charge in [0.25, 0.3) is 5.91 Å². The summed E-state index contributed by atoms with van der Waals surface area (Å²) in [5.74, 6) is -1.87. The zero-order valence-electron chi connectivity index (χ0n) is 18.9. The Balaban J connectivity index is 1.36. The van der Waals surface area contributed by atoms with Crippen LogP contribution in [0.25, 0.3) is 11.1 Å². The van der Waals surface area contributed by atoms with Crippen molar-refractivity contribution in [1.29, 1.82) is 0 Å². The zero-order valence-corrected chi connectivity index (χ0v) is 18.9. The number of fused-ring (bicyclic) bond motifs is 3. The van der Waals surface area contributed by atoms with Gasteiger partial charge in [-0.2, -0.15) is 0 Å². The number of anilines is 1.